The van der Waals surface area contributed by atoms with Crippen LogP contribution in [0, 0.1) is 0 Å². The van der Waals surface area contributed by atoms with Gasteiger partial charge in [-0.15, -0.1) is 11.3 Å². The van der Waals surface area contributed by atoms with Crippen molar-refractivity contribution in [1.29, 1.82) is 0 Å². The third kappa shape index (κ3) is 4.80. The van der Waals surface area contributed by atoms with Gasteiger partial charge in [0.2, 0.25) is 5.91 Å². The minimum atomic E-state index is 0.279. The molecule has 0 spiro atoms. The molecular weight excluding hydrogens is 328 g/mol. The summed E-state index contributed by atoms with van der Waals surface area (Å²) < 4.78 is 0. The van der Waals surface area contributed by atoms with Gasteiger partial charge in [-0.25, -0.2) is 0 Å². The number of aryl methyl sites for hydroxylation is 1. The molecule has 0 unspecified atom stereocenters. The van der Waals surface area contributed by atoms with Gasteiger partial charge >= 0.3 is 0 Å². The second-order valence-electron chi connectivity index (χ2n) is 5.87. The van der Waals surface area contributed by atoms with Crippen LogP contribution in [-0.4, -0.2) is 41.9 Å². The summed E-state index contributed by atoms with van der Waals surface area (Å²) in [4.78, 5) is 18.0. The molecule has 2 aromatic rings. The third-order valence-electron chi connectivity index (χ3n) is 4.19. The lowest BCUT2D eigenvalue weighted by Gasteiger charge is -2.34. The number of nitrogens with zero attached hydrogens (tertiary/aromatic N) is 2. The van der Waals surface area contributed by atoms with Gasteiger partial charge in [-0.2, -0.15) is 0 Å². The van der Waals surface area contributed by atoms with Crippen molar-refractivity contribution >= 4 is 28.8 Å². The van der Waals surface area contributed by atoms with Crippen LogP contribution in [0.3, 0.4) is 0 Å². The highest BCUT2D eigenvalue weighted by molar-refractivity contribution is 7.09. The molecule has 5 heteroatoms. The lowest BCUT2D eigenvalue weighted by atomic mass is 10.2. The summed E-state index contributed by atoms with van der Waals surface area (Å²) in [6, 6.07) is 12.1. The van der Waals surface area contributed by atoms with E-state index >= 15 is 0 Å². The summed E-state index contributed by atoms with van der Waals surface area (Å²) in [5, 5.41) is 2.85. The van der Waals surface area contributed by atoms with Crippen LogP contribution < -0.4 is 0 Å². The molecule has 0 aliphatic carbocycles. The first-order valence-electron chi connectivity index (χ1n) is 7.98. The molecule has 1 aliphatic heterocycles. The van der Waals surface area contributed by atoms with Crippen molar-refractivity contribution in [3.05, 3.63) is 57.2 Å². The SMILES string of the molecule is O=C(CCc1cccs1)N1CCN(Cc2cccc(Cl)c2)CC1. The predicted molar refractivity (Wildman–Crippen MR) is 95.9 cm³/mol. The zero-order valence-electron chi connectivity index (χ0n) is 13.1. The molecule has 1 amide bonds. The number of carbonyl (C=O) groups excluding carboxylic acids is 1. The Bertz CT molecular complexity index is 636. The maximum atomic E-state index is 12.3. The molecule has 2 heterocycles. The van der Waals surface area contributed by atoms with E-state index in [9.17, 15) is 4.79 Å². The average Bonchev–Trinajstić information content (AvgIpc) is 3.07. The van der Waals surface area contributed by atoms with E-state index in [1.807, 2.05) is 29.2 Å². The van der Waals surface area contributed by atoms with E-state index in [-0.39, 0.29) is 5.91 Å². The first kappa shape index (κ1) is 16.5. The van der Waals surface area contributed by atoms with Crippen molar-refractivity contribution in [2.24, 2.45) is 0 Å². The summed E-state index contributed by atoms with van der Waals surface area (Å²) >= 11 is 7.76. The van der Waals surface area contributed by atoms with Crippen LogP contribution in [0.5, 0.6) is 0 Å². The molecule has 3 rings (SSSR count). The second kappa shape index (κ2) is 7.95. The van der Waals surface area contributed by atoms with Gasteiger partial charge in [0, 0.05) is 49.0 Å². The van der Waals surface area contributed by atoms with Crippen LogP contribution >= 0.6 is 22.9 Å². The van der Waals surface area contributed by atoms with E-state index in [1.54, 1.807) is 11.3 Å². The number of carbonyl (C=O) groups is 1. The molecule has 1 aromatic heterocycles. The van der Waals surface area contributed by atoms with Crippen LogP contribution in [0.1, 0.15) is 16.9 Å². The Morgan fingerprint density at radius 1 is 1.13 bits per heavy atom. The fraction of sp³-hybridized carbons (Fsp3) is 0.389. The predicted octanol–water partition coefficient (Wildman–Crippen LogP) is 3.68. The Balaban J connectivity index is 1.43. The van der Waals surface area contributed by atoms with Gasteiger partial charge in [-0.3, -0.25) is 9.69 Å². The Hall–Kier alpha value is -1.36. The number of thiophene rings is 1. The monoisotopic (exact) mass is 348 g/mol. The summed E-state index contributed by atoms with van der Waals surface area (Å²) in [6.45, 7) is 4.40. The normalized spacial score (nSPS) is 15.8. The maximum Gasteiger partial charge on any atom is 0.223 e. The van der Waals surface area contributed by atoms with Gasteiger partial charge in [0.05, 0.1) is 0 Å². The van der Waals surface area contributed by atoms with Crippen LogP contribution in [0.25, 0.3) is 0 Å². The standard InChI is InChI=1S/C18H21ClN2OS/c19-16-4-1-3-15(13-16)14-20-8-10-21(11-9-20)18(22)7-6-17-5-2-12-23-17/h1-5,12-13H,6-11,14H2. The highest BCUT2D eigenvalue weighted by atomic mass is 35.5. The van der Waals surface area contributed by atoms with Crippen molar-refractivity contribution in [1.82, 2.24) is 9.80 Å². The minimum absolute atomic E-state index is 0.279. The van der Waals surface area contributed by atoms with E-state index < -0.39 is 0 Å². The van der Waals surface area contributed by atoms with Gasteiger partial charge in [-0.05, 0) is 35.6 Å². The highest BCUT2D eigenvalue weighted by Gasteiger charge is 2.20. The van der Waals surface area contributed by atoms with Crippen LogP contribution in [0.4, 0.5) is 0 Å². The number of hydrogen-bond acceptors (Lipinski definition) is 3. The Labute approximate surface area is 146 Å². The molecule has 0 saturated carbocycles. The van der Waals surface area contributed by atoms with Crippen molar-refractivity contribution in [2.75, 3.05) is 26.2 Å². The lowest BCUT2D eigenvalue weighted by Crippen LogP contribution is -2.48. The summed E-state index contributed by atoms with van der Waals surface area (Å²) in [7, 11) is 0. The Kier molecular flexibility index (Phi) is 5.70. The summed E-state index contributed by atoms with van der Waals surface area (Å²) in [5.41, 5.74) is 1.23. The average molecular weight is 349 g/mol. The molecule has 1 aliphatic rings. The van der Waals surface area contributed by atoms with Gasteiger partial charge in [0.1, 0.15) is 0 Å². The molecular formula is C18H21ClN2OS. The highest BCUT2D eigenvalue weighted by Crippen LogP contribution is 2.15. The molecule has 0 bridgehead atoms. The number of benzene rings is 1. The second-order valence-corrected chi connectivity index (χ2v) is 7.33. The molecule has 23 heavy (non-hydrogen) atoms. The van der Waals surface area contributed by atoms with Gasteiger partial charge in [0.15, 0.2) is 0 Å². The topological polar surface area (TPSA) is 23.6 Å². The Morgan fingerprint density at radius 2 is 1.96 bits per heavy atom. The van der Waals surface area contributed by atoms with Crippen LogP contribution in [0.2, 0.25) is 5.02 Å². The van der Waals surface area contributed by atoms with Crippen LogP contribution in [-0.2, 0) is 17.8 Å². The minimum Gasteiger partial charge on any atom is -0.340 e. The largest absolute Gasteiger partial charge is 0.340 e. The van der Waals surface area contributed by atoms with Crippen molar-refractivity contribution < 1.29 is 4.79 Å². The fourth-order valence-electron chi connectivity index (χ4n) is 2.89. The van der Waals surface area contributed by atoms with E-state index in [2.05, 4.69) is 22.4 Å². The van der Waals surface area contributed by atoms with Crippen molar-refractivity contribution in [3.8, 4) is 0 Å². The van der Waals surface area contributed by atoms with E-state index in [1.165, 1.54) is 10.4 Å². The van der Waals surface area contributed by atoms with Gasteiger partial charge in [-0.1, -0.05) is 29.8 Å². The maximum absolute atomic E-state index is 12.3. The molecule has 0 atom stereocenters. The lowest BCUT2D eigenvalue weighted by molar-refractivity contribution is -0.132. The third-order valence-corrected chi connectivity index (χ3v) is 5.36. The molecule has 3 nitrogen and oxygen atoms in total. The number of piperazine rings is 1. The molecule has 122 valence electrons. The number of rotatable bonds is 5. The molecule has 0 N–H and O–H groups in total. The summed E-state index contributed by atoms with van der Waals surface area (Å²) in [5.74, 6) is 0.279. The van der Waals surface area contributed by atoms with E-state index in [0.717, 1.165) is 44.2 Å². The van der Waals surface area contributed by atoms with Crippen molar-refractivity contribution in [3.63, 3.8) is 0 Å². The first-order chi connectivity index (χ1) is 11.2. The quantitative estimate of drug-likeness (QED) is 0.823. The summed E-state index contributed by atoms with van der Waals surface area (Å²) in [6.07, 6.45) is 1.48. The van der Waals surface area contributed by atoms with Crippen LogP contribution in [0.15, 0.2) is 41.8 Å². The van der Waals surface area contributed by atoms with Gasteiger partial charge in [0.25, 0.3) is 0 Å². The molecule has 0 radical (unpaired) electrons. The number of hydrogen-bond donors (Lipinski definition) is 0. The molecule has 1 fully saturated rings. The van der Waals surface area contributed by atoms with Gasteiger partial charge < -0.3 is 4.90 Å². The zero-order chi connectivity index (χ0) is 16.1. The molecule has 1 aromatic carbocycles. The van der Waals surface area contributed by atoms with E-state index in [0.29, 0.717) is 6.42 Å². The zero-order valence-corrected chi connectivity index (χ0v) is 14.7. The smallest absolute Gasteiger partial charge is 0.223 e. The first-order valence-corrected chi connectivity index (χ1v) is 9.23. The number of amides is 1. The van der Waals surface area contributed by atoms with Crippen molar-refractivity contribution in [2.45, 2.75) is 19.4 Å². The fourth-order valence-corrected chi connectivity index (χ4v) is 3.81. The van der Waals surface area contributed by atoms with E-state index in [4.69, 9.17) is 11.6 Å². The number of halogens is 1. The Morgan fingerprint density at radius 3 is 2.65 bits per heavy atom. The molecule has 1 saturated heterocycles.